The molecule has 0 aromatic heterocycles. The summed E-state index contributed by atoms with van der Waals surface area (Å²) in [4.78, 5) is 13.4. The van der Waals surface area contributed by atoms with Crippen LogP contribution in [0.25, 0.3) is 6.08 Å². The van der Waals surface area contributed by atoms with Gasteiger partial charge < -0.3 is 23.8 Å². The summed E-state index contributed by atoms with van der Waals surface area (Å²) in [6.07, 6.45) is 1.51. The molecule has 0 spiro atoms. The van der Waals surface area contributed by atoms with Crippen molar-refractivity contribution in [2.24, 2.45) is 0 Å². The van der Waals surface area contributed by atoms with Gasteiger partial charge in [0.05, 0.1) is 11.6 Å². The molecular weight excluding hydrogens is 440 g/mol. The number of hydrogen-bond acceptors (Lipinski definition) is 6. The maximum absolute atomic E-state index is 12.1. The Morgan fingerprint density at radius 2 is 2.03 bits per heavy atom. The zero-order chi connectivity index (χ0) is 21.0. The lowest BCUT2D eigenvalue weighted by atomic mass is 10.1. The van der Waals surface area contributed by atoms with E-state index in [4.69, 9.17) is 18.9 Å². The molecule has 0 fully saturated rings. The summed E-state index contributed by atoms with van der Waals surface area (Å²) >= 11 is 3.48. The Hall–Kier alpha value is -3.18. The average Bonchev–Trinajstić information content (AvgIpc) is 3.18. The molecule has 2 aromatic rings. The number of carbonyl (C=O) groups excluding carboxylic acids is 1. The van der Waals surface area contributed by atoms with Crippen molar-refractivity contribution in [3.05, 3.63) is 51.5 Å². The molecule has 3 rings (SSSR count). The Morgan fingerprint density at radius 3 is 2.72 bits per heavy atom. The quantitative estimate of drug-likeness (QED) is 0.484. The van der Waals surface area contributed by atoms with Crippen LogP contribution in [-0.4, -0.2) is 38.8 Å². The fourth-order valence-corrected chi connectivity index (χ4v) is 3.27. The summed E-state index contributed by atoms with van der Waals surface area (Å²) in [6, 6.07) is 11.0. The second-order valence-corrected chi connectivity index (χ2v) is 7.23. The number of benzene rings is 2. The van der Waals surface area contributed by atoms with Crippen molar-refractivity contribution in [1.29, 1.82) is 5.26 Å². The van der Waals surface area contributed by atoms with Crippen molar-refractivity contribution >= 4 is 27.9 Å². The predicted molar refractivity (Wildman–Crippen MR) is 110 cm³/mol. The van der Waals surface area contributed by atoms with Gasteiger partial charge in [-0.15, -0.1) is 0 Å². The predicted octanol–water partition coefficient (Wildman–Crippen LogP) is 3.76. The number of nitriles is 1. The topological polar surface area (TPSA) is 81.0 Å². The van der Waals surface area contributed by atoms with Crippen LogP contribution in [0.5, 0.6) is 23.0 Å². The van der Waals surface area contributed by atoms with Crippen molar-refractivity contribution < 1.29 is 23.7 Å². The first kappa shape index (κ1) is 20.6. The van der Waals surface area contributed by atoms with Gasteiger partial charge in [0.25, 0.3) is 5.91 Å². The second kappa shape index (κ2) is 8.88. The van der Waals surface area contributed by atoms with Crippen LogP contribution < -0.4 is 18.9 Å². The van der Waals surface area contributed by atoms with Crippen LogP contribution in [0, 0.1) is 11.3 Å². The average molecular weight is 459 g/mol. The second-order valence-electron chi connectivity index (χ2n) is 6.38. The first-order chi connectivity index (χ1) is 13.9. The van der Waals surface area contributed by atoms with E-state index in [0.29, 0.717) is 39.6 Å². The van der Waals surface area contributed by atoms with Crippen LogP contribution in [0.15, 0.2) is 40.4 Å². The number of ether oxygens (including phenoxy) is 4. The highest BCUT2D eigenvalue weighted by Crippen LogP contribution is 2.38. The molecule has 0 saturated heterocycles. The molecule has 1 aliphatic rings. The number of nitrogens with zero attached hydrogens (tertiary/aromatic N) is 2. The van der Waals surface area contributed by atoms with Crippen molar-refractivity contribution in [3.63, 3.8) is 0 Å². The Balaban J connectivity index is 1.83. The maximum Gasteiger partial charge on any atom is 0.264 e. The zero-order valence-electron chi connectivity index (χ0n) is 16.2. The minimum absolute atomic E-state index is 0.0259. The fourth-order valence-electron chi connectivity index (χ4n) is 2.70. The first-order valence-electron chi connectivity index (χ1n) is 8.65. The van der Waals surface area contributed by atoms with Crippen molar-refractivity contribution in [2.75, 3.05) is 28.0 Å². The molecule has 1 amide bonds. The summed E-state index contributed by atoms with van der Waals surface area (Å²) in [6.45, 7) is 0.512. The molecule has 0 N–H and O–H groups in total. The van der Waals surface area contributed by atoms with Crippen LogP contribution in [0.1, 0.15) is 11.1 Å². The van der Waals surface area contributed by atoms with Gasteiger partial charge in [0, 0.05) is 14.1 Å². The molecule has 0 unspecified atom stereocenters. The van der Waals surface area contributed by atoms with Gasteiger partial charge in [-0.1, -0.05) is 6.07 Å². The number of amides is 1. The third-order valence-electron chi connectivity index (χ3n) is 4.14. The summed E-state index contributed by atoms with van der Waals surface area (Å²) < 4.78 is 22.7. The van der Waals surface area contributed by atoms with Crippen LogP contribution in [0.3, 0.4) is 0 Å². The molecule has 1 heterocycles. The Morgan fingerprint density at radius 1 is 1.28 bits per heavy atom. The minimum atomic E-state index is -0.370. The van der Waals surface area contributed by atoms with Crippen LogP contribution in [0.4, 0.5) is 0 Å². The highest BCUT2D eigenvalue weighted by atomic mass is 79.9. The van der Waals surface area contributed by atoms with Gasteiger partial charge in [0.1, 0.15) is 18.2 Å². The van der Waals surface area contributed by atoms with Gasteiger partial charge in [-0.3, -0.25) is 4.79 Å². The van der Waals surface area contributed by atoms with E-state index < -0.39 is 0 Å². The Bertz CT molecular complexity index is 1010. The minimum Gasteiger partial charge on any atom is -0.493 e. The smallest absolute Gasteiger partial charge is 0.264 e. The van der Waals surface area contributed by atoms with Gasteiger partial charge in [0.15, 0.2) is 23.0 Å². The number of methoxy groups -OCH3 is 1. The number of carbonyl (C=O) groups is 1. The molecule has 7 nitrogen and oxygen atoms in total. The molecule has 0 radical (unpaired) electrons. The van der Waals surface area contributed by atoms with E-state index in [-0.39, 0.29) is 18.3 Å². The van der Waals surface area contributed by atoms with E-state index in [0.717, 1.165) is 5.56 Å². The van der Waals surface area contributed by atoms with E-state index in [2.05, 4.69) is 15.9 Å². The van der Waals surface area contributed by atoms with Crippen LogP contribution in [0.2, 0.25) is 0 Å². The number of fused-ring (bicyclic) bond motifs is 1. The molecule has 2 aromatic carbocycles. The monoisotopic (exact) mass is 458 g/mol. The highest BCUT2D eigenvalue weighted by molar-refractivity contribution is 9.10. The molecular formula is C21H19BrN2O5. The standard InChI is InChI=1S/C21H19BrN2O5/c1-24(2)21(25)15(10-23)6-14-7-16(22)20(19(9-14)26-3)27-11-13-4-5-17-18(8-13)29-12-28-17/h4-9H,11-12H2,1-3H3/b15-6-. The van der Waals surface area contributed by atoms with Crippen molar-refractivity contribution in [2.45, 2.75) is 6.61 Å². The number of hydrogen-bond donors (Lipinski definition) is 0. The lowest BCUT2D eigenvalue weighted by Gasteiger charge is -2.14. The summed E-state index contributed by atoms with van der Waals surface area (Å²) in [7, 11) is 4.72. The largest absolute Gasteiger partial charge is 0.493 e. The van der Waals surface area contributed by atoms with Gasteiger partial charge in [0.2, 0.25) is 6.79 Å². The van der Waals surface area contributed by atoms with E-state index in [1.54, 1.807) is 26.2 Å². The van der Waals surface area contributed by atoms with Gasteiger partial charge in [-0.05, 0) is 57.4 Å². The van der Waals surface area contributed by atoms with Gasteiger partial charge >= 0.3 is 0 Å². The summed E-state index contributed by atoms with van der Waals surface area (Å²) in [5, 5.41) is 9.28. The number of halogens is 1. The lowest BCUT2D eigenvalue weighted by molar-refractivity contribution is -0.124. The Kier molecular flexibility index (Phi) is 6.29. The van der Waals surface area contributed by atoms with E-state index >= 15 is 0 Å². The number of rotatable bonds is 6. The summed E-state index contributed by atoms with van der Waals surface area (Å²) in [5.74, 6) is 2.02. The molecule has 0 bridgehead atoms. The van der Waals surface area contributed by atoms with Gasteiger partial charge in [-0.25, -0.2) is 0 Å². The summed E-state index contributed by atoms with van der Waals surface area (Å²) in [5.41, 5.74) is 1.57. The van der Waals surface area contributed by atoms with Crippen molar-refractivity contribution in [1.82, 2.24) is 4.90 Å². The normalized spacial score (nSPS) is 12.3. The molecule has 1 aliphatic heterocycles. The molecule has 150 valence electrons. The third kappa shape index (κ3) is 4.63. The fraction of sp³-hybridized carbons (Fsp3) is 0.238. The van der Waals surface area contributed by atoms with Gasteiger partial charge in [-0.2, -0.15) is 5.26 Å². The highest BCUT2D eigenvalue weighted by Gasteiger charge is 2.16. The SMILES string of the molecule is COc1cc(/C=C(/C#N)C(=O)N(C)C)cc(Br)c1OCc1ccc2c(c1)OCO2. The van der Waals surface area contributed by atoms with E-state index in [1.807, 2.05) is 24.3 Å². The third-order valence-corrected chi connectivity index (χ3v) is 4.73. The molecule has 0 saturated carbocycles. The first-order valence-corrected chi connectivity index (χ1v) is 9.44. The zero-order valence-corrected chi connectivity index (χ0v) is 17.8. The van der Waals surface area contributed by atoms with Crippen LogP contribution in [-0.2, 0) is 11.4 Å². The lowest BCUT2D eigenvalue weighted by Crippen LogP contribution is -2.22. The Labute approximate surface area is 177 Å². The molecule has 29 heavy (non-hydrogen) atoms. The van der Waals surface area contributed by atoms with Crippen LogP contribution >= 0.6 is 15.9 Å². The van der Waals surface area contributed by atoms with E-state index in [9.17, 15) is 10.1 Å². The molecule has 8 heteroatoms. The molecule has 0 atom stereocenters. The maximum atomic E-state index is 12.1. The van der Waals surface area contributed by atoms with Crippen molar-refractivity contribution in [3.8, 4) is 29.1 Å². The molecule has 0 aliphatic carbocycles. The van der Waals surface area contributed by atoms with E-state index in [1.165, 1.54) is 18.1 Å². The number of likely N-dealkylation sites (N-methyl/N-ethyl adjacent to an activating group) is 1.